The summed E-state index contributed by atoms with van der Waals surface area (Å²) in [6.07, 6.45) is 0.0801. The van der Waals surface area contributed by atoms with Crippen molar-refractivity contribution in [1.82, 2.24) is 0 Å². The van der Waals surface area contributed by atoms with Gasteiger partial charge in [-0.3, -0.25) is 4.79 Å². The van der Waals surface area contributed by atoms with Crippen molar-refractivity contribution in [1.29, 1.82) is 0 Å². The molecule has 1 aromatic carbocycles. The number of hydrogen-bond donors (Lipinski definition) is 2. The summed E-state index contributed by atoms with van der Waals surface area (Å²) in [5.74, 6) is 0.666. The van der Waals surface area contributed by atoms with Gasteiger partial charge in [0.25, 0.3) is 5.91 Å². The smallest absolute Gasteiger partial charge is 0.265 e. The van der Waals surface area contributed by atoms with Crippen LogP contribution in [-0.4, -0.2) is 18.6 Å². The topological polar surface area (TPSA) is 64.3 Å². The van der Waals surface area contributed by atoms with Crippen LogP contribution in [-0.2, 0) is 4.79 Å². The van der Waals surface area contributed by atoms with Crippen LogP contribution in [0.4, 0.5) is 5.69 Å². The molecule has 0 saturated heterocycles. The summed E-state index contributed by atoms with van der Waals surface area (Å²) < 4.78 is 5.70. The SMILES string of the molecule is Cc1ccc2c(c1C)OC(CCN)C(=O)N2. The van der Waals surface area contributed by atoms with Gasteiger partial charge in [-0.25, -0.2) is 0 Å². The third-order valence-electron chi connectivity index (χ3n) is 2.92. The Bertz CT molecular complexity index is 429. The van der Waals surface area contributed by atoms with Gasteiger partial charge in [0.1, 0.15) is 5.75 Å². The van der Waals surface area contributed by atoms with Crippen LogP contribution in [0.3, 0.4) is 0 Å². The first-order chi connectivity index (χ1) is 7.63. The molecule has 0 bridgehead atoms. The molecule has 1 aromatic rings. The maximum absolute atomic E-state index is 11.7. The first-order valence-corrected chi connectivity index (χ1v) is 5.41. The van der Waals surface area contributed by atoms with E-state index in [0.717, 1.165) is 22.6 Å². The lowest BCUT2D eigenvalue weighted by molar-refractivity contribution is -0.123. The van der Waals surface area contributed by atoms with E-state index in [-0.39, 0.29) is 5.91 Å². The summed E-state index contributed by atoms with van der Waals surface area (Å²) in [7, 11) is 0. The minimum Gasteiger partial charge on any atom is -0.478 e. The van der Waals surface area contributed by atoms with Crippen molar-refractivity contribution in [2.24, 2.45) is 5.73 Å². The van der Waals surface area contributed by atoms with E-state index in [9.17, 15) is 4.79 Å². The zero-order chi connectivity index (χ0) is 11.7. The molecule has 1 unspecified atom stereocenters. The summed E-state index contributed by atoms with van der Waals surface area (Å²) in [5.41, 5.74) is 8.42. The van der Waals surface area contributed by atoms with Crippen LogP contribution in [0.25, 0.3) is 0 Å². The minimum atomic E-state index is -0.460. The summed E-state index contributed by atoms with van der Waals surface area (Å²) in [4.78, 5) is 11.7. The Morgan fingerprint density at radius 2 is 2.19 bits per heavy atom. The van der Waals surface area contributed by atoms with Gasteiger partial charge in [-0.1, -0.05) is 6.07 Å². The van der Waals surface area contributed by atoms with Crippen LogP contribution >= 0.6 is 0 Å². The van der Waals surface area contributed by atoms with Crippen LogP contribution in [0.2, 0.25) is 0 Å². The minimum absolute atomic E-state index is 0.110. The number of benzene rings is 1. The molecule has 3 N–H and O–H groups in total. The second kappa shape index (κ2) is 4.14. The number of anilines is 1. The van der Waals surface area contributed by atoms with Crippen molar-refractivity contribution in [3.05, 3.63) is 23.3 Å². The van der Waals surface area contributed by atoms with Gasteiger partial charge in [-0.15, -0.1) is 0 Å². The Morgan fingerprint density at radius 3 is 2.88 bits per heavy atom. The van der Waals surface area contributed by atoms with E-state index >= 15 is 0 Å². The summed E-state index contributed by atoms with van der Waals surface area (Å²) in [5, 5.41) is 2.84. The third-order valence-corrected chi connectivity index (χ3v) is 2.92. The zero-order valence-corrected chi connectivity index (χ0v) is 9.54. The number of aryl methyl sites for hydroxylation is 1. The molecule has 0 saturated carbocycles. The molecule has 1 amide bonds. The molecule has 0 aliphatic carbocycles. The molecule has 1 heterocycles. The summed E-state index contributed by atoms with van der Waals surface area (Å²) in [6, 6.07) is 3.84. The molecule has 4 heteroatoms. The largest absolute Gasteiger partial charge is 0.478 e. The number of fused-ring (bicyclic) bond motifs is 1. The lowest BCUT2D eigenvalue weighted by Crippen LogP contribution is -2.38. The average molecular weight is 220 g/mol. The van der Waals surface area contributed by atoms with Crippen molar-refractivity contribution < 1.29 is 9.53 Å². The Kier molecular flexibility index (Phi) is 2.83. The molecular formula is C12H16N2O2. The summed E-state index contributed by atoms with van der Waals surface area (Å²) >= 11 is 0. The van der Waals surface area contributed by atoms with E-state index in [1.165, 1.54) is 0 Å². The molecule has 1 aliphatic heterocycles. The predicted octanol–water partition coefficient (Wildman–Crippen LogP) is 1.35. The first kappa shape index (κ1) is 11.0. The van der Waals surface area contributed by atoms with Gasteiger partial charge in [-0.05, 0) is 37.6 Å². The zero-order valence-electron chi connectivity index (χ0n) is 9.54. The first-order valence-electron chi connectivity index (χ1n) is 5.41. The van der Waals surface area contributed by atoms with Crippen LogP contribution in [0.1, 0.15) is 17.5 Å². The van der Waals surface area contributed by atoms with Crippen LogP contribution < -0.4 is 15.8 Å². The Hall–Kier alpha value is -1.55. The molecule has 0 spiro atoms. The second-order valence-electron chi connectivity index (χ2n) is 4.06. The molecule has 16 heavy (non-hydrogen) atoms. The van der Waals surface area contributed by atoms with Gasteiger partial charge in [0.2, 0.25) is 0 Å². The molecule has 2 rings (SSSR count). The number of rotatable bonds is 2. The van der Waals surface area contributed by atoms with E-state index in [0.29, 0.717) is 13.0 Å². The van der Waals surface area contributed by atoms with Crippen molar-refractivity contribution in [2.45, 2.75) is 26.4 Å². The van der Waals surface area contributed by atoms with Crippen molar-refractivity contribution >= 4 is 11.6 Å². The van der Waals surface area contributed by atoms with E-state index in [4.69, 9.17) is 10.5 Å². The number of amides is 1. The number of carbonyl (C=O) groups excluding carboxylic acids is 1. The number of nitrogens with two attached hydrogens (primary N) is 1. The van der Waals surface area contributed by atoms with E-state index < -0.39 is 6.10 Å². The van der Waals surface area contributed by atoms with Crippen LogP contribution in [0.5, 0.6) is 5.75 Å². The highest BCUT2D eigenvalue weighted by molar-refractivity contribution is 5.98. The van der Waals surface area contributed by atoms with Crippen molar-refractivity contribution in [3.63, 3.8) is 0 Å². The fourth-order valence-electron chi connectivity index (χ4n) is 1.79. The van der Waals surface area contributed by atoms with E-state index in [1.807, 2.05) is 26.0 Å². The van der Waals surface area contributed by atoms with Gasteiger partial charge in [0.05, 0.1) is 5.69 Å². The van der Waals surface area contributed by atoms with Crippen molar-refractivity contribution in [3.8, 4) is 5.75 Å². The number of nitrogens with one attached hydrogen (secondary N) is 1. The molecular weight excluding hydrogens is 204 g/mol. The Balaban J connectivity index is 2.36. The van der Waals surface area contributed by atoms with Gasteiger partial charge in [0.15, 0.2) is 6.10 Å². The maximum atomic E-state index is 11.7. The molecule has 86 valence electrons. The number of carbonyl (C=O) groups is 1. The van der Waals surface area contributed by atoms with Gasteiger partial charge in [-0.2, -0.15) is 0 Å². The van der Waals surface area contributed by atoms with E-state index in [2.05, 4.69) is 5.32 Å². The van der Waals surface area contributed by atoms with Crippen LogP contribution in [0, 0.1) is 13.8 Å². The summed E-state index contributed by atoms with van der Waals surface area (Å²) in [6.45, 7) is 4.46. The van der Waals surface area contributed by atoms with Crippen molar-refractivity contribution in [2.75, 3.05) is 11.9 Å². The quantitative estimate of drug-likeness (QED) is 0.790. The molecule has 0 fully saturated rings. The highest BCUT2D eigenvalue weighted by Gasteiger charge is 2.28. The highest BCUT2D eigenvalue weighted by Crippen LogP contribution is 2.35. The van der Waals surface area contributed by atoms with Gasteiger partial charge in [0, 0.05) is 6.42 Å². The van der Waals surface area contributed by atoms with Crippen LogP contribution in [0.15, 0.2) is 12.1 Å². The molecule has 0 aromatic heterocycles. The number of ether oxygens (including phenoxy) is 1. The standard InChI is InChI=1S/C12H16N2O2/c1-7-3-4-9-11(8(7)2)16-10(5-6-13)12(15)14-9/h3-4,10H,5-6,13H2,1-2H3,(H,14,15). The maximum Gasteiger partial charge on any atom is 0.265 e. The molecule has 1 aliphatic rings. The third kappa shape index (κ3) is 1.76. The lowest BCUT2D eigenvalue weighted by Gasteiger charge is -2.27. The van der Waals surface area contributed by atoms with Gasteiger partial charge < -0.3 is 15.8 Å². The fourth-order valence-corrected chi connectivity index (χ4v) is 1.79. The fraction of sp³-hybridized carbons (Fsp3) is 0.417. The monoisotopic (exact) mass is 220 g/mol. The highest BCUT2D eigenvalue weighted by atomic mass is 16.5. The molecule has 0 radical (unpaired) electrons. The molecule has 1 atom stereocenters. The average Bonchev–Trinajstić information content (AvgIpc) is 2.26. The normalized spacial score (nSPS) is 18.7. The Morgan fingerprint density at radius 1 is 1.44 bits per heavy atom. The second-order valence-corrected chi connectivity index (χ2v) is 4.06. The molecule has 4 nitrogen and oxygen atoms in total. The lowest BCUT2D eigenvalue weighted by atomic mass is 10.1. The number of hydrogen-bond acceptors (Lipinski definition) is 3. The predicted molar refractivity (Wildman–Crippen MR) is 62.6 cm³/mol. The van der Waals surface area contributed by atoms with Gasteiger partial charge >= 0.3 is 0 Å². The van der Waals surface area contributed by atoms with E-state index in [1.54, 1.807) is 0 Å². The Labute approximate surface area is 94.8 Å².